The van der Waals surface area contributed by atoms with Gasteiger partial charge >= 0.3 is 0 Å². The number of benzene rings is 2. The van der Waals surface area contributed by atoms with Crippen molar-refractivity contribution in [3.63, 3.8) is 0 Å². The van der Waals surface area contributed by atoms with Crippen LogP contribution in [0, 0.1) is 20.8 Å². The van der Waals surface area contributed by atoms with Crippen LogP contribution in [0.4, 0.5) is 0 Å². The first kappa shape index (κ1) is 14.1. The van der Waals surface area contributed by atoms with E-state index >= 15 is 0 Å². The average Bonchev–Trinajstić information content (AvgIpc) is 2.82. The first-order valence-electron chi connectivity index (χ1n) is 8.01. The second kappa shape index (κ2) is 5.52. The summed E-state index contributed by atoms with van der Waals surface area (Å²) >= 11 is 0. The van der Waals surface area contributed by atoms with Crippen LogP contribution in [-0.4, -0.2) is 0 Å². The lowest BCUT2D eigenvalue weighted by Crippen LogP contribution is -2.02. The van der Waals surface area contributed by atoms with Crippen LogP contribution in [0.3, 0.4) is 0 Å². The van der Waals surface area contributed by atoms with E-state index < -0.39 is 0 Å². The van der Waals surface area contributed by atoms with Gasteiger partial charge in [-0.1, -0.05) is 55.8 Å². The van der Waals surface area contributed by atoms with Crippen molar-refractivity contribution in [3.8, 4) is 0 Å². The fourth-order valence-electron chi connectivity index (χ4n) is 3.65. The third-order valence-electron chi connectivity index (χ3n) is 4.89. The predicted molar refractivity (Wildman–Crippen MR) is 92.6 cm³/mol. The minimum absolute atomic E-state index is 0.562. The number of hydrogen-bond donors (Lipinski definition) is 0. The smallest absolute Gasteiger partial charge is 0.0104 e. The minimum Gasteiger partial charge on any atom is -0.0653 e. The molecule has 0 heteroatoms. The first-order chi connectivity index (χ1) is 10.1. The zero-order valence-electron chi connectivity index (χ0n) is 13.5. The third-order valence-corrected chi connectivity index (χ3v) is 4.89. The van der Waals surface area contributed by atoms with E-state index in [1.165, 1.54) is 46.2 Å². The number of fused-ring (bicyclic) bond motifs is 1. The van der Waals surface area contributed by atoms with Crippen LogP contribution in [0.1, 0.15) is 59.1 Å². The molecule has 0 N–H and O–H groups in total. The normalized spacial score (nSPS) is 16.8. The maximum Gasteiger partial charge on any atom is 0.0104 e. The first-order valence-corrected chi connectivity index (χ1v) is 8.01. The number of allylic oxidation sites excluding steroid dienone is 1. The quantitative estimate of drug-likeness (QED) is 0.640. The second-order valence-electron chi connectivity index (χ2n) is 6.27. The van der Waals surface area contributed by atoms with Gasteiger partial charge < -0.3 is 0 Å². The molecule has 108 valence electrons. The molecule has 0 saturated carbocycles. The van der Waals surface area contributed by atoms with Crippen LogP contribution in [0.2, 0.25) is 0 Å². The van der Waals surface area contributed by atoms with Crippen LogP contribution < -0.4 is 0 Å². The molecule has 0 aromatic heterocycles. The van der Waals surface area contributed by atoms with Crippen molar-refractivity contribution in [1.29, 1.82) is 0 Å². The summed E-state index contributed by atoms with van der Waals surface area (Å²) in [5, 5.41) is 0. The van der Waals surface area contributed by atoms with Crippen molar-refractivity contribution in [2.24, 2.45) is 0 Å². The second-order valence-corrected chi connectivity index (χ2v) is 6.27. The summed E-state index contributed by atoms with van der Waals surface area (Å²) in [5.74, 6) is 0.562. The topological polar surface area (TPSA) is 0 Å². The molecule has 0 heterocycles. The Labute approximate surface area is 128 Å². The van der Waals surface area contributed by atoms with Crippen LogP contribution >= 0.6 is 0 Å². The van der Waals surface area contributed by atoms with E-state index in [0.29, 0.717) is 5.92 Å². The molecule has 0 fully saturated rings. The van der Waals surface area contributed by atoms with Crippen molar-refractivity contribution in [2.45, 2.75) is 46.5 Å². The Hall–Kier alpha value is -1.82. The van der Waals surface area contributed by atoms with Crippen LogP contribution in [0.15, 0.2) is 36.4 Å². The lowest BCUT2D eigenvalue weighted by molar-refractivity contribution is 0.733. The van der Waals surface area contributed by atoms with Gasteiger partial charge in [-0.25, -0.2) is 0 Å². The number of rotatable bonds is 3. The summed E-state index contributed by atoms with van der Waals surface area (Å²) in [4.78, 5) is 0. The fraction of sp³-hybridized carbons (Fsp3) is 0.333. The molecule has 0 radical (unpaired) electrons. The Balaban J connectivity index is 2.15. The van der Waals surface area contributed by atoms with Gasteiger partial charge in [0.05, 0.1) is 0 Å². The van der Waals surface area contributed by atoms with E-state index in [4.69, 9.17) is 0 Å². The zero-order chi connectivity index (χ0) is 15.0. The summed E-state index contributed by atoms with van der Waals surface area (Å²) < 4.78 is 0. The highest BCUT2D eigenvalue weighted by molar-refractivity contribution is 5.93. The molecule has 2 aromatic rings. The highest BCUT2D eigenvalue weighted by atomic mass is 14.3. The van der Waals surface area contributed by atoms with Gasteiger partial charge in [0.25, 0.3) is 0 Å². The van der Waals surface area contributed by atoms with Gasteiger partial charge in [-0.05, 0) is 66.1 Å². The number of aryl methyl sites for hydroxylation is 2. The van der Waals surface area contributed by atoms with Crippen LogP contribution in [0.5, 0.6) is 0 Å². The van der Waals surface area contributed by atoms with Gasteiger partial charge in [-0.2, -0.15) is 0 Å². The molecular weight excluding hydrogens is 252 g/mol. The minimum atomic E-state index is 0.562. The molecule has 0 aliphatic heterocycles. The zero-order valence-corrected chi connectivity index (χ0v) is 13.5. The molecule has 1 aliphatic rings. The van der Waals surface area contributed by atoms with E-state index in [1.807, 2.05) is 0 Å². The maximum absolute atomic E-state index is 2.42. The molecule has 2 aromatic carbocycles. The fourth-order valence-corrected chi connectivity index (χ4v) is 3.65. The molecule has 0 bridgehead atoms. The van der Waals surface area contributed by atoms with Crippen LogP contribution in [-0.2, 0) is 0 Å². The maximum atomic E-state index is 2.42. The molecule has 1 aliphatic carbocycles. The Morgan fingerprint density at radius 1 is 0.905 bits per heavy atom. The lowest BCUT2D eigenvalue weighted by atomic mass is 9.84. The third kappa shape index (κ3) is 2.33. The van der Waals surface area contributed by atoms with Crippen molar-refractivity contribution < 1.29 is 0 Å². The molecule has 3 rings (SSSR count). The summed E-state index contributed by atoms with van der Waals surface area (Å²) in [6.07, 6.45) is 4.88. The van der Waals surface area contributed by atoms with Crippen molar-refractivity contribution in [3.05, 3.63) is 69.8 Å². The monoisotopic (exact) mass is 276 g/mol. The standard InChI is InChI=1S/C21H24/c1-5-8-19-20(18-12-7-9-14(2)16(18)4)13-17-11-6-10-15(3)21(17)19/h6-7,9-13,19H,5,8H2,1-4H3. The van der Waals surface area contributed by atoms with Crippen molar-refractivity contribution in [1.82, 2.24) is 0 Å². The largest absolute Gasteiger partial charge is 0.0653 e. The highest BCUT2D eigenvalue weighted by Crippen LogP contribution is 2.46. The average molecular weight is 276 g/mol. The van der Waals surface area contributed by atoms with Gasteiger partial charge in [0.2, 0.25) is 0 Å². The van der Waals surface area contributed by atoms with Crippen molar-refractivity contribution in [2.75, 3.05) is 0 Å². The summed E-state index contributed by atoms with van der Waals surface area (Å²) in [7, 11) is 0. The van der Waals surface area contributed by atoms with Gasteiger partial charge in [-0.15, -0.1) is 0 Å². The molecule has 1 atom stereocenters. The SMILES string of the molecule is CCCC1C(c2cccc(C)c2C)=Cc2cccc(C)c21. The molecule has 0 nitrogen and oxygen atoms in total. The van der Waals surface area contributed by atoms with Gasteiger partial charge in [-0.3, -0.25) is 0 Å². The number of hydrogen-bond acceptors (Lipinski definition) is 0. The summed E-state index contributed by atoms with van der Waals surface area (Å²) in [5.41, 5.74) is 10.2. The van der Waals surface area contributed by atoms with E-state index in [2.05, 4.69) is 70.2 Å². The molecular formula is C21H24. The van der Waals surface area contributed by atoms with Crippen LogP contribution in [0.25, 0.3) is 11.6 Å². The Morgan fingerprint density at radius 2 is 1.62 bits per heavy atom. The Morgan fingerprint density at radius 3 is 2.38 bits per heavy atom. The summed E-state index contributed by atoms with van der Waals surface area (Å²) in [6, 6.07) is 13.4. The predicted octanol–water partition coefficient (Wildman–Crippen LogP) is 6.05. The van der Waals surface area contributed by atoms with Crippen molar-refractivity contribution >= 4 is 11.6 Å². The van der Waals surface area contributed by atoms with E-state index in [-0.39, 0.29) is 0 Å². The molecule has 21 heavy (non-hydrogen) atoms. The molecule has 0 spiro atoms. The van der Waals surface area contributed by atoms with Gasteiger partial charge in [0, 0.05) is 5.92 Å². The van der Waals surface area contributed by atoms with E-state index in [1.54, 1.807) is 5.56 Å². The Kier molecular flexibility index (Phi) is 3.71. The van der Waals surface area contributed by atoms with E-state index in [0.717, 1.165) is 0 Å². The molecule has 0 saturated heterocycles. The van der Waals surface area contributed by atoms with Gasteiger partial charge in [0.1, 0.15) is 0 Å². The molecule has 0 amide bonds. The highest BCUT2D eigenvalue weighted by Gasteiger charge is 2.27. The Bertz CT molecular complexity index is 704. The van der Waals surface area contributed by atoms with Gasteiger partial charge in [0.15, 0.2) is 0 Å². The lowest BCUT2D eigenvalue weighted by Gasteiger charge is -2.20. The summed E-state index contributed by atoms with van der Waals surface area (Å²) in [6.45, 7) is 9.00. The van der Waals surface area contributed by atoms with E-state index in [9.17, 15) is 0 Å². The molecule has 1 unspecified atom stereocenters.